The van der Waals surface area contributed by atoms with E-state index in [-0.39, 0.29) is 5.97 Å². The summed E-state index contributed by atoms with van der Waals surface area (Å²) in [5, 5.41) is 0.935. The van der Waals surface area contributed by atoms with Gasteiger partial charge in [-0.2, -0.15) is 0 Å². The Balaban J connectivity index is 1.97. The highest BCUT2D eigenvalue weighted by Gasteiger charge is 2.40. The molecule has 2 heterocycles. The molecule has 0 unspecified atom stereocenters. The molecule has 0 bridgehead atoms. The second-order valence-electron chi connectivity index (χ2n) is 6.36. The van der Waals surface area contributed by atoms with Crippen LogP contribution in [0, 0.1) is 5.41 Å². The highest BCUT2D eigenvalue weighted by molar-refractivity contribution is 5.93. The summed E-state index contributed by atoms with van der Waals surface area (Å²) in [6.45, 7) is 5.67. The predicted octanol–water partition coefficient (Wildman–Crippen LogP) is 2.81. The fourth-order valence-corrected chi connectivity index (χ4v) is 3.36. The van der Waals surface area contributed by atoms with Crippen LogP contribution in [0.25, 0.3) is 10.9 Å². The number of methoxy groups -OCH3 is 1. The van der Waals surface area contributed by atoms with Crippen molar-refractivity contribution in [3.05, 3.63) is 24.5 Å². The molecule has 0 saturated carbocycles. The average molecular weight is 329 g/mol. The second-order valence-corrected chi connectivity index (χ2v) is 6.36. The molecule has 1 atom stereocenters. The van der Waals surface area contributed by atoms with Crippen LogP contribution in [0.5, 0.6) is 5.75 Å². The van der Waals surface area contributed by atoms with Crippen molar-refractivity contribution in [2.75, 3.05) is 31.7 Å². The van der Waals surface area contributed by atoms with Gasteiger partial charge in [-0.05, 0) is 38.8 Å². The van der Waals surface area contributed by atoms with E-state index in [1.807, 2.05) is 32.0 Å². The number of piperidine rings is 1. The number of aromatic nitrogens is 2. The van der Waals surface area contributed by atoms with Crippen LogP contribution in [0.1, 0.15) is 26.7 Å². The molecule has 0 spiro atoms. The first-order valence-electron chi connectivity index (χ1n) is 8.29. The van der Waals surface area contributed by atoms with Gasteiger partial charge in [-0.25, -0.2) is 9.97 Å². The van der Waals surface area contributed by atoms with Crippen LogP contribution in [0.3, 0.4) is 0 Å². The lowest BCUT2D eigenvalue weighted by Crippen LogP contribution is -2.47. The van der Waals surface area contributed by atoms with Crippen molar-refractivity contribution in [1.82, 2.24) is 9.97 Å². The number of carbonyl (C=O) groups excluding carboxylic acids is 1. The SMILES string of the molecule is CCOC(=O)[C@]1(C)CCCN(c2ncnc3c(OC)cccc23)C1. The van der Waals surface area contributed by atoms with Crippen molar-refractivity contribution in [2.24, 2.45) is 5.41 Å². The van der Waals surface area contributed by atoms with Gasteiger partial charge in [-0.15, -0.1) is 0 Å². The Labute approximate surface area is 141 Å². The third kappa shape index (κ3) is 2.88. The number of hydrogen-bond acceptors (Lipinski definition) is 6. The topological polar surface area (TPSA) is 64.5 Å². The molecule has 0 aliphatic carbocycles. The molecule has 1 aliphatic heterocycles. The standard InChI is InChI=1S/C18H23N3O3/c1-4-24-17(22)18(2)9-6-10-21(11-18)16-13-7-5-8-14(23-3)15(13)19-12-20-16/h5,7-8,12H,4,6,9-11H2,1-3H3/t18-/m1/s1. The molecule has 1 aromatic carbocycles. The lowest BCUT2D eigenvalue weighted by Gasteiger charge is -2.39. The average Bonchev–Trinajstić information content (AvgIpc) is 2.61. The molecule has 1 fully saturated rings. The van der Waals surface area contributed by atoms with Crippen LogP contribution in [-0.2, 0) is 9.53 Å². The molecule has 1 saturated heterocycles. The molecule has 0 N–H and O–H groups in total. The molecule has 3 rings (SSSR count). The van der Waals surface area contributed by atoms with Gasteiger partial charge in [-0.3, -0.25) is 4.79 Å². The number of carbonyl (C=O) groups is 1. The smallest absolute Gasteiger partial charge is 0.313 e. The van der Waals surface area contributed by atoms with Crippen molar-refractivity contribution in [2.45, 2.75) is 26.7 Å². The molecule has 6 nitrogen and oxygen atoms in total. The third-order valence-electron chi connectivity index (χ3n) is 4.59. The second kappa shape index (κ2) is 6.63. The fourth-order valence-electron chi connectivity index (χ4n) is 3.36. The summed E-state index contributed by atoms with van der Waals surface area (Å²) in [4.78, 5) is 23.4. The van der Waals surface area contributed by atoms with Gasteiger partial charge in [0.05, 0.1) is 19.1 Å². The van der Waals surface area contributed by atoms with Crippen molar-refractivity contribution in [3.8, 4) is 5.75 Å². The highest BCUT2D eigenvalue weighted by atomic mass is 16.5. The van der Waals surface area contributed by atoms with Gasteiger partial charge < -0.3 is 14.4 Å². The lowest BCUT2D eigenvalue weighted by atomic mass is 9.82. The number of benzene rings is 1. The first-order chi connectivity index (χ1) is 11.6. The first-order valence-corrected chi connectivity index (χ1v) is 8.29. The summed E-state index contributed by atoms with van der Waals surface area (Å²) in [6.07, 6.45) is 3.30. The molecule has 24 heavy (non-hydrogen) atoms. The first kappa shape index (κ1) is 16.5. The third-order valence-corrected chi connectivity index (χ3v) is 4.59. The number of para-hydroxylation sites is 1. The lowest BCUT2D eigenvalue weighted by molar-refractivity contribution is -0.154. The quantitative estimate of drug-likeness (QED) is 0.804. The van der Waals surface area contributed by atoms with E-state index in [0.29, 0.717) is 13.2 Å². The molecule has 0 amide bonds. The Morgan fingerprint density at radius 1 is 1.38 bits per heavy atom. The summed E-state index contributed by atoms with van der Waals surface area (Å²) < 4.78 is 10.7. The van der Waals surface area contributed by atoms with E-state index in [0.717, 1.165) is 41.9 Å². The number of nitrogens with zero attached hydrogens (tertiary/aromatic N) is 3. The van der Waals surface area contributed by atoms with Crippen molar-refractivity contribution >= 4 is 22.7 Å². The Morgan fingerprint density at radius 2 is 2.21 bits per heavy atom. The normalized spacial score (nSPS) is 20.9. The van der Waals surface area contributed by atoms with Gasteiger partial charge in [-0.1, -0.05) is 6.07 Å². The van der Waals surface area contributed by atoms with E-state index in [1.54, 1.807) is 13.4 Å². The molecule has 1 aromatic heterocycles. The van der Waals surface area contributed by atoms with Crippen LogP contribution < -0.4 is 9.64 Å². The van der Waals surface area contributed by atoms with Gasteiger partial charge in [0.2, 0.25) is 0 Å². The zero-order valence-corrected chi connectivity index (χ0v) is 14.4. The van der Waals surface area contributed by atoms with Crippen LogP contribution in [0.2, 0.25) is 0 Å². The van der Waals surface area contributed by atoms with E-state index >= 15 is 0 Å². The van der Waals surface area contributed by atoms with Gasteiger partial charge in [0, 0.05) is 18.5 Å². The Morgan fingerprint density at radius 3 is 2.96 bits per heavy atom. The van der Waals surface area contributed by atoms with Crippen molar-refractivity contribution < 1.29 is 14.3 Å². The van der Waals surface area contributed by atoms with Gasteiger partial charge >= 0.3 is 5.97 Å². The number of esters is 1. The molecular formula is C18H23N3O3. The van der Waals surface area contributed by atoms with Crippen LogP contribution >= 0.6 is 0 Å². The summed E-state index contributed by atoms with van der Waals surface area (Å²) in [5.74, 6) is 1.43. The summed E-state index contributed by atoms with van der Waals surface area (Å²) in [5.41, 5.74) is 0.276. The minimum absolute atomic E-state index is 0.134. The molecular weight excluding hydrogens is 306 g/mol. The highest BCUT2D eigenvalue weighted by Crippen LogP contribution is 2.36. The van der Waals surface area contributed by atoms with Crippen molar-refractivity contribution in [1.29, 1.82) is 0 Å². The maximum Gasteiger partial charge on any atom is 0.313 e. The van der Waals surface area contributed by atoms with E-state index < -0.39 is 5.41 Å². The predicted molar refractivity (Wildman–Crippen MR) is 92.3 cm³/mol. The van der Waals surface area contributed by atoms with Gasteiger partial charge in [0.25, 0.3) is 0 Å². The molecule has 128 valence electrons. The minimum atomic E-state index is -0.510. The van der Waals surface area contributed by atoms with E-state index in [9.17, 15) is 4.79 Å². The number of rotatable bonds is 4. The zero-order valence-electron chi connectivity index (χ0n) is 14.4. The van der Waals surface area contributed by atoms with E-state index in [2.05, 4.69) is 14.9 Å². The van der Waals surface area contributed by atoms with Crippen LogP contribution in [0.15, 0.2) is 24.5 Å². The Bertz CT molecular complexity index is 749. The zero-order chi connectivity index (χ0) is 17.2. The van der Waals surface area contributed by atoms with Gasteiger partial charge in [0.15, 0.2) is 0 Å². The largest absolute Gasteiger partial charge is 0.494 e. The van der Waals surface area contributed by atoms with Gasteiger partial charge in [0.1, 0.15) is 23.4 Å². The molecule has 0 radical (unpaired) electrons. The maximum atomic E-state index is 12.4. The Kier molecular flexibility index (Phi) is 4.55. The molecule has 2 aromatic rings. The number of anilines is 1. The molecule has 6 heteroatoms. The number of hydrogen-bond donors (Lipinski definition) is 0. The summed E-state index contributed by atoms with van der Waals surface area (Å²) in [6, 6.07) is 5.81. The maximum absolute atomic E-state index is 12.4. The number of ether oxygens (including phenoxy) is 2. The number of fused-ring (bicyclic) bond motifs is 1. The van der Waals surface area contributed by atoms with Crippen molar-refractivity contribution in [3.63, 3.8) is 0 Å². The summed E-state index contributed by atoms with van der Waals surface area (Å²) in [7, 11) is 1.63. The van der Waals surface area contributed by atoms with E-state index in [4.69, 9.17) is 9.47 Å². The summed E-state index contributed by atoms with van der Waals surface area (Å²) >= 11 is 0. The monoisotopic (exact) mass is 329 g/mol. The minimum Gasteiger partial charge on any atom is -0.494 e. The Hall–Kier alpha value is -2.37. The molecule has 1 aliphatic rings. The van der Waals surface area contributed by atoms with Crippen LogP contribution in [0.4, 0.5) is 5.82 Å². The fraction of sp³-hybridized carbons (Fsp3) is 0.500. The van der Waals surface area contributed by atoms with Crippen LogP contribution in [-0.4, -0.2) is 42.7 Å². The van der Waals surface area contributed by atoms with E-state index in [1.165, 1.54) is 0 Å².